The van der Waals surface area contributed by atoms with Crippen LogP contribution >= 0.6 is 0 Å². The molecule has 2 atom stereocenters. The summed E-state index contributed by atoms with van der Waals surface area (Å²) in [5.74, 6) is 0.965. The maximum Gasteiger partial charge on any atom is 0.00967 e. The Morgan fingerprint density at radius 1 is 1.17 bits per heavy atom. The van der Waals surface area contributed by atoms with Gasteiger partial charge in [0.25, 0.3) is 0 Å². The van der Waals surface area contributed by atoms with Gasteiger partial charge in [0.15, 0.2) is 0 Å². The fraction of sp³-hybridized carbons (Fsp3) is 1.00. The van der Waals surface area contributed by atoms with Gasteiger partial charge in [-0.2, -0.15) is 0 Å². The van der Waals surface area contributed by atoms with Gasteiger partial charge in [0.05, 0.1) is 0 Å². The summed E-state index contributed by atoms with van der Waals surface area (Å²) in [5.41, 5.74) is 0. The molecule has 2 fully saturated rings. The fourth-order valence-electron chi connectivity index (χ4n) is 3.89. The molecule has 0 radical (unpaired) electrons. The van der Waals surface area contributed by atoms with Crippen molar-refractivity contribution in [2.24, 2.45) is 5.92 Å². The standard InChI is InChI=1S/C16H32N2/c1-3-5-7-15(4-2)18-12-9-14(10-13-18)16-8-6-11-17-16/h14-17H,3-13H2,1-2H3. The molecule has 18 heavy (non-hydrogen) atoms. The van der Waals surface area contributed by atoms with Crippen molar-refractivity contribution in [1.29, 1.82) is 0 Å². The molecule has 2 nitrogen and oxygen atoms in total. The Morgan fingerprint density at radius 3 is 2.50 bits per heavy atom. The Labute approximate surface area is 114 Å². The molecule has 0 saturated carbocycles. The average molecular weight is 252 g/mol. The van der Waals surface area contributed by atoms with Crippen molar-refractivity contribution in [3.63, 3.8) is 0 Å². The van der Waals surface area contributed by atoms with Crippen molar-refractivity contribution >= 4 is 0 Å². The quantitative estimate of drug-likeness (QED) is 0.779. The summed E-state index contributed by atoms with van der Waals surface area (Å²) in [7, 11) is 0. The van der Waals surface area contributed by atoms with Crippen LogP contribution in [0.2, 0.25) is 0 Å². The van der Waals surface area contributed by atoms with Crippen molar-refractivity contribution in [3.8, 4) is 0 Å². The highest BCUT2D eigenvalue weighted by Gasteiger charge is 2.30. The molecule has 106 valence electrons. The third-order valence-corrected chi connectivity index (χ3v) is 5.12. The molecular formula is C16H32N2. The summed E-state index contributed by atoms with van der Waals surface area (Å²) in [4.78, 5) is 2.78. The van der Waals surface area contributed by atoms with Gasteiger partial charge in [-0.25, -0.2) is 0 Å². The zero-order chi connectivity index (χ0) is 12.8. The van der Waals surface area contributed by atoms with Crippen LogP contribution in [-0.4, -0.2) is 36.6 Å². The first-order valence-corrected chi connectivity index (χ1v) is 8.32. The van der Waals surface area contributed by atoms with Crippen molar-refractivity contribution < 1.29 is 0 Å². The van der Waals surface area contributed by atoms with Gasteiger partial charge in [0, 0.05) is 12.1 Å². The third kappa shape index (κ3) is 3.71. The number of hydrogen-bond donors (Lipinski definition) is 1. The molecular weight excluding hydrogens is 220 g/mol. The lowest BCUT2D eigenvalue weighted by molar-refractivity contribution is 0.110. The molecule has 0 aliphatic carbocycles. The van der Waals surface area contributed by atoms with Crippen LogP contribution in [0.1, 0.15) is 65.2 Å². The minimum atomic E-state index is 0.850. The lowest BCUT2D eigenvalue weighted by Crippen LogP contribution is -2.45. The van der Waals surface area contributed by atoms with E-state index in [0.29, 0.717) is 0 Å². The van der Waals surface area contributed by atoms with E-state index in [0.717, 1.165) is 18.0 Å². The largest absolute Gasteiger partial charge is 0.314 e. The van der Waals surface area contributed by atoms with Crippen molar-refractivity contribution in [3.05, 3.63) is 0 Å². The van der Waals surface area contributed by atoms with Crippen molar-refractivity contribution in [2.75, 3.05) is 19.6 Å². The molecule has 0 amide bonds. The van der Waals surface area contributed by atoms with Crippen LogP contribution in [0, 0.1) is 5.92 Å². The van der Waals surface area contributed by atoms with Crippen LogP contribution in [0.15, 0.2) is 0 Å². The Bertz CT molecular complexity index is 215. The normalized spacial score (nSPS) is 28.7. The summed E-state index contributed by atoms with van der Waals surface area (Å²) in [6, 6.07) is 1.71. The maximum atomic E-state index is 3.70. The molecule has 2 heteroatoms. The van der Waals surface area contributed by atoms with Gasteiger partial charge in [0.2, 0.25) is 0 Å². The number of rotatable bonds is 6. The topological polar surface area (TPSA) is 15.3 Å². The van der Waals surface area contributed by atoms with Gasteiger partial charge in [-0.1, -0.05) is 26.7 Å². The molecule has 0 aromatic carbocycles. The summed E-state index contributed by atoms with van der Waals surface area (Å²) < 4.78 is 0. The van der Waals surface area contributed by atoms with Gasteiger partial charge in [0.1, 0.15) is 0 Å². The zero-order valence-corrected chi connectivity index (χ0v) is 12.5. The van der Waals surface area contributed by atoms with Crippen LogP contribution in [-0.2, 0) is 0 Å². The highest BCUT2D eigenvalue weighted by Crippen LogP contribution is 2.27. The van der Waals surface area contributed by atoms with Gasteiger partial charge in [-0.15, -0.1) is 0 Å². The smallest absolute Gasteiger partial charge is 0.00967 e. The molecule has 2 unspecified atom stereocenters. The number of likely N-dealkylation sites (tertiary alicyclic amines) is 1. The number of nitrogens with zero attached hydrogens (tertiary/aromatic N) is 1. The second-order valence-electron chi connectivity index (χ2n) is 6.28. The van der Waals surface area contributed by atoms with E-state index in [9.17, 15) is 0 Å². The molecule has 2 rings (SSSR count). The van der Waals surface area contributed by atoms with Crippen LogP contribution in [0.3, 0.4) is 0 Å². The molecule has 0 bridgehead atoms. The molecule has 2 heterocycles. The van der Waals surface area contributed by atoms with E-state index in [1.54, 1.807) is 0 Å². The first kappa shape index (κ1) is 14.3. The van der Waals surface area contributed by atoms with Crippen molar-refractivity contribution in [1.82, 2.24) is 10.2 Å². The SMILES string of the molecule is CCCCC(CC)N1CCC(C2CCCN2)CC1. The third-order valence-electron chi connectivity index (χ3n) is 5.12. The monoisotopic (exact) mass is 252 g/mol. The van der Waals surface area contributed by atoms with Crippen LogP contribution in [0.5, 0.6) is 0 Å². The predicted molar refractivity (Wildman–Crippen MR) is 78.9 cm³/mol. The highest BCUT2D eigenvalue weighted by atomic mass is 15.2. The molecule has 0 aromatic rings. The average Bonchev–Trinajstić information content (AvgIpc) is 2.94. The van der Waals surface area contributed by atoms with E-state index in [-0.39, 0.29) is 0 Å². The van der Waals surface area contributed by atoms with Crippen LogP contribution in [0.25, 0.3) is 0 Å². The second-order valence-corrected chi connectivity index (χ2v) is 6.28. The molecule has 0 spiro atoms. The van der Waals surface area contributed by atoms with Crippen molar-refractivity contribution in [2.45, 2.75) is 77.3 Å². The van der Waals surface area contributed by atoms with Crippen LogP contribution in [0.4, 0.5) is 0 Å². The summed E-state index contributed by atoms with van der Waals surface area (Å²) >= 11 is 0. The minimum absolute atomic E-state index is 0.850. The van der Waals surface area contributed by atoms with Crippen LogP contribution < -0.4 is 5.32 Å². The van der Waals surface area contributed by atoms with E-state index in [1.165, 1.54) is 71.0 Å². The number of hydrogen-bond acceptors (Lipinski definition) is 2. The van der Waals surface area contributed by atoms with E-state index < -0.39 is 0 Å². The number of unbranched alkanes of at least 4 members (excludes halogenated alkanes) is 1. The highest BCUT2D eigenvalue weighted by molar-refractivity contribution is 4.87. The number of nitrogens with one attached hydrogen (secondary N) is 1. The van der Waals surface area contributed by atoms with Gasteiger partial charge in [-0.3, -0.25) is 0 Å². The lowest BCUT2D eigenvalue weighted by atomic mass is 9.87. The van der Waals surface area contributed by atoms with E-state index >= 15 is 0 Å². The Hall–Kier alpha value is -0.0800. The summed E-state index contributed by atoms with van der Waals surface area (Å²) in [5, 5.41) is 3.70. The second kappa shape index (κ2) is 7.49. The molecule has 0 aromatic heterocycles. The first-order valence-electron chi connectivity index (χ1n) is 8.32. The fourth-order valence-corrected chi connectivity index (χ4v) is 3.89. The van der Waals surface area contributed by atoms with Gasteiger partial charge < -0.3 is 10.2 Å². The van der Waals surface area contributed by atoms with E-state index in [2.05, 4.69) is 24.1 Å². The maximum absolute atomic E-state index is 3.70. The zero-order valence-electron chi connectivity index (χ0n) is 12.5. The van der Waals surface area contributed by atoms with E-state index in [1.807, 2.05) is 0 Å². The molecule has 1 N–H and O–H groups in total. The Kier molecular flexibility index (Phi) is 5.97. The number of piperidine rings is 1. The molecule has 2 aliphatic heterocycles. The Morgan fingerprint density at radius 2 is 1.94 bits per heavy atom. The molecule has 2 saturated heterocycles. The van der Waals surface area contributed by atoms with Gasteiger partial charge in [-0.05, 0) is 64.1 Å². The van der Waals surface area contributed by atoms with Gasteiger partial charge >= 0.3 is 0 Å². The first-order chi connectivity index (χ1) is 8.85. The molecule has 2 aliphatic rings. The summed E-state index contributed by atoms with van der Waals surface area (Å²) in [6.07, 6.45) is 11.2. The lowest BCUT2D eigenvalue weighted by Gasteiger charge is -2.39. The Balaban J connectivity index is 1.74. The van der Waals surface area contributed by atoms with E-state index in [4.69, 9.17) is 0 Å². The predicted octanol–water partition coefficient (Wildman–Crippen LogP) is 3.42. The summed E-state index contributed by atoms with van der Waals surface area (Å²) in [6.45, 7) is 8.64. The minimum Gasteiger partial charge on any atom is -0.314 e.